The van der Waals surface area contributed by atoms with E-state index in [1.54, 1.807) is 24.5 Å². The van der Waals surface area contributed by atoms with Crippen LogP contribution in [0.4, 0.5) is 32.6 Å². The van der Waals surface area contributed by atoms with Gasteiger partial charge in [0.05, 0.1) is 11.4 Å². The van der Waals surface area contributed by atoms with Crippen LogP contribution in [0.3, 0.4) is 0 Å². The lowest BCUT2D eigenvalue weighted by Crippen LogP contribution is -2.38. The van der Waals surface area contributed by atoms with E-state index in [4.69, 9.17) is 0 Å². The Morgan fingerprint density at radius 3 is 1.53 bits per heavy atom. The molecule has 2 aromatic heterocycles. The molecule has 0 aliphatic carbocycles. The molecule has 4 heterocycles. The highest BCUT2D eigenvalue weighted by Crippen LogP contribution is 2.26. The summed E-state index contributed by atoms with van der Waals surface area (Å²) in [5.74, 6) is 1.59. The molecule has 32 heavy (non-hydrogen) atoms. The second kappa shape index (κ2) is 10.7. The van der Waals surface area contributed by atoms with Crippen molar-refractivity contribution in [2.24, 2.45) is 0 Å². The van der Waals surface area contributed by atoms with Gasteiger partial charge in [0.2, 0.25) is 0 Å². The average Bonchev–Trinajstić information content (AvgIpc) is 3.52. The molecule has 2 fully saturated rings. The predicted octanol–water partition coefficient (Wildman–Crippen LogP) is 2.62. The number of nitrogens with zero attached hydrogens (tertiary/aromatic N) is 4. The van der Waals surface area contributed by atoms with E-state index in [0.717, 1.165) is 63.5 Å². The number of pyridine rings is 2. The number of hydrogen-bond acceptors (Lipinski definition) is 6. The Labute approximate surface area is 187 Å². The second-order valence-electron chi connectivity index (χ2n) is 7.90. The van der Waals surface area contributed by atoms with Crippen LogP contribution in [0.1, 0.15) is 25.7 Å². The molecule has 0 saturated carbocycles. The van der Waals surface area contributed by atoms with Crippen molar-refractivity contribution in [1.29, 1.82) is 0 Å². The summed E-state index contributed by atoms with van der Waals surface area (Å²) in [7, 11) is 0. The molecule has 4 rings (SSSR count). The highest BCUT2D eigenvalue weighted by Gasteiger charge is 2.19. The van der Waals surface area contributed by atoms with Crippen molar-refractivity contribution in [3.8, 4) is 0 Å². The van der Waals surface area contributed by atoms with E-state index < -0.39 is 0 Å². The summed E-state index contributed by atoms with van der Waals surface area (Å²) in [6, 6.07) is 6.63. The zero-order valence-corrected chi connectivity index (χ0v) is 18.1. The number of anilines is 4. The number of aromatic nitrogens is 2. The molecule has 0 spiro atoms. The van der Waals surface area contributed by atoms with E-state index >= 15 is 0 Å². The highest BCUT2D eigenvalue weighted by atomic mass is 16.2. The van der Waals surface area contributed by atoms with E-state index in [0.29, 0.717) is 24.5 Å². The standard InChI is InChI=1S/C22H30N8O2/c31-21(27-17-7-5-9-23-19(17)29-13-1-2-14-29)25-11-12-26-22(32)28-18-8-6-10-24-20(18)30-15-3-4-16-30/h5-10H,1-4,11-16H2,(H2,25,27,31)(H2,26,28,32). The molecule has 2 aliphatic heterocycles. The van der Waals surface area contributed by atoms with Crippen molar-refractivity contribution < 1.29 is 9.59 Å². The SMILES string of the molecule is O=C(NCCNC(=O)Nc1cccnc1N1CCCC1)Nc1cccnc1N1CCCC1. The molecule has 2 aromatic rings. The normalized spacial score (nSPS) is 15.5. The number of carbonyl (C=O) groups is 2. The lowest BCUT2D eigenvalue weighted by molar-refractivity contribution is 0.248. The Kier molecular flexibility index (Phi) is 7.21. The van der Waals surface area contributed by atoms with E-state index in [1.165, 1.54) is 0 Å². The molecule has 0 unspecified atom stereocenters. The van der Waals surface area contributed by atoms with E-state index in [2.05, 4.69) is 41.0 Å². The molecule has 4 N–H and O–H groups in total. The number of hydrogen-bond donors (Lipinski definition) is 4. The van der Waals surface area contributed by atoms with E-state index in [1.807, 2.05) is 12.1 Å². The minimum Gasteiger partial charge on any atom is -0.355 e. The predicted molar refractivity (Wildman–Crippen MR) is 125 cm³/mol. The summed E-state index contributed by atoms with van der Waals surface area (Å²) in [6.45, 7) is 4.38. The molecule has 2 saturated heterocycles. The van der Waals surface area contributed by atoms with Gasteiger partial charge in [-0.2, -0.15) is 0 Å². The summed E-state index contributed by atoms with van der Waals surface area (Å²) in [5, 5.41) is 11.2. The lowest BCUT2D eigenvalue weighted by atomic mass is 10.3. The third-order valence-corrected chi connectivity index (χ3v) is 5.58. The summed E-state index contributed by atoms with van der Waals surface area (Å²) in [5.41, 5.74) is 1.37. The smallest absolute Gasteiger partial charge is 0.319 e. The van der Waals surface area contributed by atoms with Crippen LogP contribution in [-0.2, 0) is 0 Å². The maximum atomic E-state index is 12.3. The maximum Gasteiger partial charge on any atom is 0.319 e. The molecule has 2 aliphatic rings. The Hall–Kier alpha value is -3.56. The van der Waals surface area contributed by atoms with Gasteiger partial charge in [-0.05, 0) is 49.9 Å². The first-order valence-electron chi connectivity index (χ1n) is 11.2. The van der Waals surface area contributed by atoms with Crippen LogP contribution < -0.4 is 31.1 Å². The van der Waals surface area contributed by atoms with Crippen molar-refractivity contribution in [3.05, 3.63) is 36.7 Å². The van der Waals surface area contributed by atoms with Crippen LogP contribution in [0.5, 0.6) is 0 Å². The van der Waals surface area contributed by atoms with Crippen LogP contribution in [0.15, 0.2) is 36.7 Å². The Morgan fingerprint density at radius 1 is 0.719 bits per heavy atom. The van der Waals surface area contributed by atoms with Gasteiger partial charge in [0, 0.05) is 51.7 Å². The van der Waals surface area contributed by atoms with Gasteiger partial charge in [-0.1, -0.05) is 0 Å². The van der Waals surface area contributed by atoms with Crippen LogP contribution in [0, 0.1) is 0 Å². The van der Waals surface area contributed by atoms with Gasteiger partial charge in [0.15, 0.2) is 11.6 Å². The Balaban J connectivity index is 1.21. The zero-order chi connectivity index (χ0) is 22.2. The average molecular weight is 439 g/mol. The first kappa shape index (κ1) is 21.7. The number of carbonyl (C=O) groups excluding carboxylic acids is 2. The van der Waals surface area contributed by atoms with Gasteiger partial charge in [-0.3, -0.25) is 0 Å². The van der Waals surface area contributed by atoms with Crippen LogP contribution in [0.2, 0.25) is 0 Å². The Morgan fingerprint density at radius 2 is 1.12 bits per heavy atom. The maximum absolute atomic E-state index is 12.3. The fourth-order valence-electron chi connectivity index (χ4n) is 4.04. The monoisotopic (exact) mass is 438 g/mol. The summed E-state index contributed by atoms with van der Waals surface area (Å²) in [4.78, 5) is 37.8. The van der Waals surface area contributed by atoms with Gasteiger partial charge >= 0.3 is 12.1 Å². The van der Waals surface area contributed by atoms with Gasteiger partial charge in [-0.15, -0.1) is 0 Å². The summed E-state index contributed by atoms with van der Waals surface area (Å²) < 4.78 is 0. The molecule has 0 bridgehead atoms. The van der Waals surface area contributed by atoms with Gasteiger partial charge in [0.25, 0.3) is 0 Å². The van der Waals surface area contributed by atoms with Crippen molar-refractivity contribution >= 4 is 35.1 Å². The molecular weight excluding hydrogens is 408 g/mol. The molecule has 4 amide bonds. The minimum atomic E-state index is -0.329. The quantitative estimate of drug-likeness (QED) is 0.494. The molecule has 10 nitrogen and oxygen atoms in total. The van der Waals surface area contributed by atoms with Crippen LogP contribution >= 0.6 is 0 Å². The fraction of sp³-hybridized carbons (Fsp3) is 0.455. The van der Waals surface area contributed by atoms with Gasteiger partial charge in [-0.25, -0.2) is 19.6 Å². The van der Waals surface area contributed by atoms with E-state index in [-0.39, 0.29) is 12.1 Å². The van der Waals surface area contributed by atoms with E-state index in [9.17, 15) is 9.59 Å². The topological polar surface area (TPSA) is 115 Å². The Bertz CT molecular complexity index is 850. The van der Waals surface area contributed by atoms with Crippen molar-refractivity contribution in [1.82, 2.24) is 20.6 Å². The second-order valence-corrected chi connectivity index (χ2v) is 7.90. The molecule has 170 valence electrons. The first-order valence-corrected chi connectivity index (χ1v) is 11.2. The van der Waals surface area contributed by atoms with Gasteiger partial charge < -0.3 is 31.1 Å². The van der Waals surface area contributed by atoms with Crippen LogP contribution in [-0.4, -0.2) is 61.3 Å². The molecular formula is C22H30N8O2. The first-order chi connectivity index (χ1) is 15.7. The fourth-order valence-corrected chi connectivity index (χ4v) is 4.04. The molecule has 0 aromatic carbocycles. The van der Waals surface area contributed by atoms with Crippen molar-refractivity contribution in [2.45, 2.75) is 25.7 Å². The number of urea groups is 2. The zero-order valence-electron chi connectivity index (χ0n) is 18.1. The van der Waals surface area contributed by atoms with Crippen LogP contribution in [0.25, 0.3) is 0 Å². The molecule has 10 heteroatoms. The number of rotatable bonds is 7. The lowest BCUT2D eigenvalue weighted by Gasteiger charge is -2.20. The van der Waals surface area contributed by atoms with Crippen molar-refractivity contribution in [2.75, 3.05) is 59.7 Å². The van der Waals surface area contributed by atoms with Crippen molar-refractivity contribution in [3.63, 3.8) is 0 Å². The number of nitrogens with one attached hydrogen (secondary N) is 4. The molecule has 0 radical (unpaired) electrons. The molecule has 0 atom stereocenters. The summed E-state index contributed by atoms with van der Waals surface area (Å²) >= 11 is 0. The third-order valence-electron chi connectivity index (χ3n) is 5.58. The highest BCUT2D eigenvalue weighted by molar-refractivity contribution is 5.93. The van der Waals surface area contributed by atoms with Gasteiger partial charge in [0.1, 0.15) is 0 Å². The largest absolute Gasteiger partial charge is 0.355 e. The minimum absolute atomic E-state index is 0.296. The summed E-state index contributed by atoms with van der Waals surface area (Å²) in [6.07, 6.45) is 8.00. The third kappa shape index (κ3) is 5.57. The number of amides is 4.